The van der Waals surface area contributed by atoms with Gasteiger partial charge < -0.3 is 14.6 Å². The number of rotatable bonds is 1. The average Bonchev–Trinajstić information content (AvgIpc) is 2.11. The van der Waals surface area contributed by atoms with E-state index in [1.807, 2.05) is 0 Å². The van der Waals surface area contributed by atoms with Gasteiger partial charge in [-0.15, -0.1) is 0 Å². The molecule has 1 fully saturated rings. The van der Waals surface area contributed by atoms with Crippen molar-refractivity contribution in [2.45, 2.75) is 25.6 Å². The lowest BCUT2D eigenvalue weighted by Crippen LogP contribution is -2.37. The second-order valence-electron chi connectivity index (χ2n) is 2.82. The molecule has 1 rings (SSSR count). The van der Waals surface area contributed by atoms with E-state index in [-0.39, 0.29) is 6.61 Å². The Labute approximate surface area is 58.7 Å². The Morgan fingerprint density at radius 1 is 1.70 bits per heavy atom. The highest BCUT2D eigenvalue weighted by Gasteiger charge is 2.36. The van der Waals surface area contributed by atoms with Gasteiger partial charge in [0, 0.05) is 0 Å². The van der Waals surface area contributed by atoms with Crippen LogP contribution in [0.5, 0.6) is 0 Å². The second kappa shape index (κ2) is 2.12. The number of carbonyl (C=O) groups is 1. The molecule has 10 heavy (non-hydrogen) atoms. The van der Waals surface area contributed by atoms with Gasteiger partial charge >= 0.3 is 6.16 Å². The van der Waals surface area contributed by atoms with Crippen molar-refractivity contribution in [3.8, 4) is 0 Å². The van der Waals surface area contributed by atoms with Crippen LogP contribution in [-0.2, 0) is 9.47 Å². The van der Waals surface area contributed by atoms with Crippen LogP contribution in [0.1, 0.15) is 13.8 Å². The molecule has 1 heterocycles. The van der Waals surface area contributed by atoms with Crippen LogP contribution < -0.4 is 0 Å². The molecule has 1 N–H and O–H groups in total. The Morgan fingerprint density at radius 2 is 2.30 bits per heavy atom. The van der Waals surface area contributed by atoms with E-state index in [1.165, 1.54) is 0 Å². The maximum absolute atomic E-state index is 10.3. The summed E-state index contributed by atoms with van der Waals surface area (Å²) >= 11 is 0. The normalized spacial score (nSPS) is 25.9. The molecule has 0 aliphatic carbocycles. The molecule has 1 atom stereocenters. The van der Waals surface area contributed by atoms with Crippen LogP contribution in [0.4, 0.5) is 4.79 Å². The molecule has 0 spiro atoms. The van der Waals surface area contributed by atoms with Gasteiger partial charge in [0.1, 0.15) is 6.61 Å². The van der Waals surface area contributed by atoms with Gasteiger partial charge in [0.25, 0.3) is 0 Å². The van der Waals surface area contributed by atoms with Gasteiger partial charge in [-0.25, -0.2) is 4.79 Å². The maximum atomic E-state index is 10.3. The molecule has 0 bridgehead atoms. The Bertz CT molecular complexity index is 146. The van der Waals surface area contributed by atoms with E-state index in [0.29, 0.717) is 0 Å². The minimum Gasteiger partial charge on any atom is -0.430 e. The predicted molar refractivity (Wildman–Crippen MR) is 32.5 cm³/mol. The highest BCUT2D eigenvalue weighted by molar-refractivity contribution is 5.62. The first-order chi connectivity index (χ1) is 4.50. The number of hydrogen-bond donors (Lipinski definition) is 1. The van der Waals surface area contributed by atoms with Gasteiger partial charge in [0.15, 0.2) is 6.10 Å². The van der Waals surface area contributed by atoms with Crippen LogP contribution in [0.3, 0.4) is 0 Å². The lowest BCUT2D eigenvalue weighted by Gasteiger charge is -2.20. The van der Waals surface area contributed by atoms with Gasteiger partial charge in [-0.05, 0) is 13.8 Å². The highest BCUT2D eigenvalue weighted by Crippen LogP contribution is 2.18. The minimum absolute atomic E-state index is 0.141. The van der Waals surface area contributed by atoms with E-state index in [4.69, 9.17) is 0 Å². The summed E-state index contributed by atoms with van der Waals surface area (Å²) in [5.41, 5.74) is -1.01. The highest BCUT2D eigenvalue weighted by atomic mass is 16.8. The first kappa shape index (κ1) is 7.34. The molecule has 1 aliphatic rings. The van der Waals surface area contributed by atoms with E-state index in [9.17, 15) is 9.90 Å². The van der Waals surface area contributed by atoms with Crippen molar-refractivity contribution in [3.63, 3.8) is 0 Å². The van der Waals surface area contributed by atoms with Gasteiger partial charge in [-0.2, -0.15) is 0 Å². The summed E-state index contributed by atoms with van der Waals surface area (Å²) in [6, 6.07) is 0. The molecule has 0 aromatic heterocycles. The molecule has 1 unspecified atom stereocenters. The summed E-state index contributed by atoms with van der Waals surface area (Å²) in [4.78, 5) is 10.3. The second-order valence-corrected chi connectivity index (χ2v) is 2.82. The van der Waals surface area contributed by atoms with Crippen molar-refractivity contribution >= 4 is 6.16 Å². The van der Waals surface area contributed by atoms with Crippen molar-refractivity contribution in [1.82, 2.24) is 0 Å². The first-order valence-corrected chi connectivity index (χ1v) is 3.06. The van der Waals surface area contributed by atoms with Crippen LogP contribution in [0, 0.1) is 0 Å². The van der Waals surface area contributed by atoms with Gasteiger partial charge in [0.2, 0.25) is 0 Å². The van der Waals surface area contributed by atoms with Crippen LogP contribution in [0.15, 0.2) is 0 Å². The number of ether oxygens (including phenoxy) is 2. The zero-order valence-corrected chi connectivity index (χ0v) is 5.96. The van der Waals surface area contributed by atoms with Crippen LogP contribution in [0.2, 0.25) is 0 Å². The molecule has 0 saturated carbocycles. The molecular formula is C6H10O4. The van der Waals surface area contributed by atoms with Crippen molar-refractivity contribution in [1.29, 1.82) is 0 Å². The molecule has 0 amide bonds. The summed E-state index contributed by atoms with van der Waals surface area (Å²) in [5.74, 6) is 0. The largest absolute Gasteiger partial charge is 0.508 e. The summed E-state index contributed by atoms with van der Waals surface area (Å²) < 4.78 is 9.09. The average molecular weight is 146 g/mol. The Hall–Kier alpha value is -0.770. The Balaban J connectivity index is 2.53. The molecule has 58 valence electrons. The molecule has 1 aliphatic heterocycles. The molecule has 0 radical (unpaired) electrons. The summed E-state index contributed by atoms with van der Waals surface area (Å²) in [7, 11) is 0. The van der Waals surface area contributed by atoms with Crippen molar-refractivity contribution in [2.75, 3.05) is 6.61 Å². The quantitative estimate of drug-likeness (QED) is 0.540. The standard InChI is InChI=1S/C6H10O4/c1-6(2,8)4-3-9-5(7)10-4/h4,8H,3H2,1-2H3. The van der Waals surface area contributed by atoms with Crippen molar-refractivity contribution in [2.24, 2.45) is 0 Å². The van der Waals surface area contributed by atoms with Crippen LogP contribution >= 0.6 is 0 Å². The number of hydrogen-bond acceptors (Lipinski definition) is 4. The van der Waals surface area contributed by atoms with E-state index in [2.05, 4.69) is 9.47 Å². The summed E-state index contributed by atoms with van der Waals surface area (Å²) in [6.07, 6.45) is -1.23. The van der Waals surface area contributed by atoms with E-state index in [0.717, 1.165) is 0 Å². The fourth-order valence-electron chi connectivity index (χ4n) is 0.676. The zero-order valence-electron chi connectivity index (χ0n) is 5.96. The first-order valence-electron chi connectivity index (χ1n) is 3.06. The third-order valence-corrected chi connectivity index (χ3v) is 1.38. The third kappa shape index (κ3) is 1.39. The summed E-state index contributed by atoms with van der Waals surface area (Å²) in [5, 5.41) is 9.28. The smallest absolute Gasteiger partial charge is 0.430 e. The molecule has 4 heteroatoms. The Morgan fingerprint density at radius 3 is 2.50 bits per heavy atom. The lowest BCUT2D eigenvalue weighted by molar-refractivity contribution is -0.0328. The molecule has 0 aromatic rings. The van der Waals surface area contributed by atoms with E-state index < -0.39 is 17.9 Å². The molecular weight excluding hydrogens is 136 g/mol. The number of carbonyl (C=O) groups excluding carboxylic acids is 1. The molecule has 1 saturated heterocycles. The Kier molecular flexibility index (Phi) is 1.56. The van der Waals surface area contributed by atoms with Crippen LogP contribution in [0.25, 0.3) is 0 Å². The third-order valence-electron chi connectivity index (χ3n) is 1.38. The topological polar surface area (TPSA) is 55.8 Å². The minimum atomic E-state index is -1.01. The van der Waals surface area contributed by atoms with Gasteiger partial charge in [0.05, 0.1) is 5.60 Å². The monoisotopic (exact) mass is 146 g/mol. The predicted octanol–water partition coefficient (Wildman–Crippen LogP) is 0.293. The van der Waals surface area contributed by atoms with E-state index in [1.54, 1.807) is 13.8 Å². The SMILES string of the molecule is CC(C)(O)C1COC(=O)O1. The maximum Gasteiger partial charge on any atom is 0.508 e. The number of aliphatic hydroxyl groups is 1. The van der Waals surface area contributed by atoms with Gasteiger partial charge in [-0.3, -0.25) is 0 Å². The molecule has 0 aromatic carbocycles. The van der Waals surface area contributed by atoms with Crippen LogP contribution in [-0.4, -0.2) is 29.6 Å². The zero-order chi connectivity index (χ0) is 7.78. The van der Waals surface area contributed by atoms with Crippen molar-refractivity contribution in [3.05, 3.63) is 0 Å². The fraction of sp³-hybridized carbons (Fsp3) is 0.833. The number of cyclic esters (lactones) is 2. The van der Waals surface area contributed by atoms with Gasteiger partial charge in [-0.1, -0.05) is 0 Å². The lowest BCUT2D eigenvalue weighted by atomic mass is 10.0. The fourth-order valence-corrected chi connectivity index (χ4v) is 0.676. The van der Waals surface area contributed by atoms with E-state index >= 15 is 0 Å². The summed E-state index contributed by atoms with van der Waals surface area (Å²) in [6.45, 7) is 3.28. The molecule has 4 nitrogen and oxygen atoms in total. The van der Waals surface area contributed by atoms with Crippen molar-refractivity contribution < 1.29 is 19.4 Å².